The van der Waals surface area contributed by atoms with Gasteiger partial charge >= 0.3 is 0 Å². The molecule has 0 fully saturated rings. The third-order valence-electron chi connectivity index (χ3n) is 2.38. The number of aromatic nitrogens is 1. The van der Waals surface area contributed by atoms with E-state index in [1.807, 2.05) is 18.2 Å². The highest BCUT2D eigenvalue weighted by molar-refractivity contribution is 6.21. The molecule has 0 N–H and O–H groups in total. The Labute approximate surface area is 88.7 Å². The van der Waals surface area contributed by atoms with Crippen LogP contribution in [0.5, 0.6) is 0 Å². The van der Waals surface area contributed by atoms with Crippen molar-refractivity contribution in [2.75, 3.05) is 0 Å². The van der Waals surface area contributed by atoms with Crippen molar-refractivity contribution in [2.24, 2.45) is 0 Å². The van der Waals surface area contributed by atoms with Crippen molar-refractivity contribution in [3.8, 4) is 0 Å². The Morgan fingerprint density at radius 3 is 2.93 bits per heavy atom. The van der Waals surface area contributed by atoms with Crippen LogP contribution in [0, 0.1) is 0 Å². The van der Waals surface area contributed by atoms with Gasteiger partial charge in [0.25, 0.3) is 0 Å². The summed E-state index contributed by atoms with van der Waals surface area (Å²) in [4.78, 5) is 4.30. The van der Waals surface area contributed by atoms with Crippen LogP contribution in [0.1, 0.15) is 24.3 Å². The number of hydrogen-bond acceptors (Lipinski definition) is 1. The van der Waals surface area contributed by atoms with E-state index in [0.717, 1.165) is 17.3 Å². The molecular formula is C12H12ClN. The lowest BCUT2D eigenvalue weighted by Crippen LogP contribution is -1.90. The van der Waals surface area contributed by atoms with Crippen LogP contribution in [0.25, 0.3) is 10.9 Å². The van der Waals surface area contributed by atoms with Crippen molar-refractivity contribution >= 4 is 22.5 Å². The Kier molecular flexibility index (Phi) is 2.69. The molecule has 0 spiro atoms. The molecule has 0 radical (unpaired) electrons. The predicted octanol–water partition coefficient (Wildman–Crippen LogP) is 3.92. The quantitative estimate of drug-likeness (QED) is 0.678. The fraction of sp³-hybridized carbons (Fsp3) is 0.250. The van der Waals surface area contributed by atoms with E-state index in [-0.39, 0.29) is 5.38 Å². The molecule has 1 nitrogen and oxygen atoms in total. The first-order valence-electron chi connectivity index (χ1n) is 4.80. The minimum Gasteiger partial charge on any atom is -0.256 e. The van der Waals surface area contributed by atoms with Crippen LogP contribution in [0.4, 0.5) is 0 Å². The Morgan fingerprint density at radius 1 is 1.29 bits per heavy atom. The maximum Gasteiger partial charge on any atom is 0.0705 e. The molecule has 0 saturated heterocycles. The van der Waals surface area contributed by atoms with Crippen molar-refractivity contribution in [1.29, 1.82) is 0 Å². The first-order valence-corrected chi connectivity index (χ1v) is 5.24. The molecule has 0 aliphatic carbocycles. The highest BCUT2D eigenvalue weighted by atomic mass is 35.5. The Hall–Kier alpha value is -1.08. The topological polar surface area (TPSA) is 12.9 Å². The third-order valence-corrected chi connectivity index (χ3v) is 2.92. The van der Waals surface area contributed by atoms with E-state index < -0.39 is 0 Å². The number of hydrogen-bond donors (Lipinski definition) is 0. The smallest absolute Gasteiger partial charge is 0.0705 e. The summed E-state index contributed by atoms with van der Waals surface area (Å²) in [6.45, 7) is 2.09. The van der Waals surface area contributed by atoms with Crippen molar-refractivity contribution in [3.63, 3.8) is 0 Å². The second-order valence-corrected chi connectivity index (χ2v) is 3.82. The first-order chi connectivity index (χ1) is 6.83. The monoisotopic (exact) mass is 205 g/mol. The SMILES string of the molecule is CCC(Cl)c1cccc2ncccc12. The fourth-order valence-corrected chi connectivity index (χ4v) is 1.81. The number of alkyl halides is 1. The molecule has 1 heterocycles. The zero-order valence-electron chi connectivity index (χ0n) is 8.07. The van der Waals surface area contributed by atoms with E-state index in [0.29, 0.717) is 0 Å². The molecule has 0 bridgehead atoms. The largest absolute Gasteiger partial charge is 0.256 e. The number of halogens is 1. The van der Waals surface area contributed by atoms with Crippen LogP contribution in [0.3, 0.4) is 0 Å². The number of fused-ring (bicyclic) bond motifs is 1. The number of pyridine rings is 1. The number of benzene rings is 1. The van der Waals surface area contributed by atoms with Gasteiger partial charge in [-0.3, -0.25) is 4.98 Å². The fourth-order valence-electron chi connectivity index (χ4n) is 1.62. The van der Waals surface area contributed by atoms with Gasteiger partial charge in [0, 0.05) is 11.6 Å². The molecule has 1 aromatic heterocycles. The average Bonchev–Trinajstić information content (AvgIpc) is 2.27. The molecule has 2 heteroatoms. The van der Waals surface area contributed by atoms with Gasteiger partial charge in [-0.25, -0.2) is 0 Å². The summed E-state index contributed by atoms with van der Waals surface area (Å²) < 4.78 is 0. The summed E-state index contributed by atoms with van der Waals surface area (Å²) in [7, 11) is 0. The molecule has 1 unspecified atom stereocenters. The van der Waals surface area contributed by atoms with E-state index in [9.17, 15) is 0 Å². The minimum atomic E-state index is 0.0860. The van der Waals surface area contributed by atoms with Crippen LogP contribution < -0.4 is 0 Å². The van der Waals surface area contributed by atoms with E-state index in [2.05, 4.69) is 24.0 Å². The van der Waals surface area contributed by atoms with Gasteiger partial charge in [-0.05, 0) is 24.1 Å². The predicted molar refractivity (Wildman–Crippen MR) is 60.6 cm³/mol. The molecule has 1 atom stereocenters. The van der Waals surface area contributed by atoms with Crippen molar-refractivity contribution < 1.29 is 0 Å². The van der Waals surface area contributed by atoms with Crippen LogP contribution in [0.2, 0.25) is 0 Å². The Bertz CT molecular complexity index is 434. The summed E-state index contributed by atoms with van der Waals surface area (Å²) in [6.07, 6.45) is 2.75. The maximum absolute atomic E-state index is 6.24. The van der Waals surface area contributed by atoms with Gasteiger partial charge in [0.2, 0.25) is 0 Å². The zero-order valence-corrected chi connectivity index (χ0v) is 8.83. The van der Waals surface area contributed by atoms with Gasteiger partial charge in [-0.2, -0.15) is 0 Å². The van der Waals surface area contributed by atoms with Gasteiger partial charge in [-0.1, -0.05) is 25.1 Å². The summed E-state index contributed by atoms with van der Waals surface area (Å²) in [6, 6.07) is 10.1. The minimum absolute atomic E-state index is 0.0860. The van der Waals surface area contributed by atoms with E-state index in [1.165, 1.54) is 5.56 Å². The molecule has 0 amide bonds. The summed E-state index contributed by atoms with van der Waals surface area (Å²) in [5.74, 6) is 0. The van der Waals surface area contributed by atoms with E-state index in [1.54, 1.807) is 6.20 Å². The molecular weight excluding hydrogens is 194 g/mol. The van der Waals surface area contributed by atoms with Gasteiger partial charge in [0.1, 0.15) is 0 Å². The van der Waals surface area contributed by atoms with E-state index >= 15 is 0 Å². The van der Waals surface area contributed by atoms with Gasteiger partial charge in [-0.15, -0.1) is 11.6 Å². The van der Waals surface area contributed by atoms with Crippen molar-refractivity contribution in [1.82, 2.24) is 4.98 Å². The van der Waals surface area contributed by atoms with Crippen molar-refractivity contribution in [2.45, 2.75) is 18.7 Å². The molecule has 72 valence electrons. The molecule has 0 saturated carbocycles. The van der Waals surface area contributed by atoms with Crippen LogP contribution in [0.15, 0.2) is 36.5 Å². The molecule has 0 aliphatic heterocycles. The lowest BCUT2D eigenvalue weighted by molar-refractivity contribution is 0.891. The highest BCUT2D eigenvalue weighted by Crippen LogP contribution is 2.29. The normalized spacial score (nSPS) is 13.0. The van der Waals surface area contributed by atoms with Crippen LogP contribution >= 0.6 is 11.6 Å². The molecule has 14 heavy (non-hydrogen) atoms. The standard InChI is InChI=1S/C12H12ClN/c1-2-11(13)9-5-3-7-12-10(9)6-4-8-14-12/h3-8,11H,2H2,1H3. The average molecular weight is 206 g/mol. The number of nitrogens with zero attached hydrogens (tertiary/aromatic N) is 1. The maximum atomic E-state index is 6.24. The Balaban J connectivity index is 2.65. The second kappa shape index (κ2) is 3.97. The molecule has 1 aromatic carbocycles. The molecule has 0 aliphatic rings. The number of rotatable bonds is 2. The summed E-state index contributed by atoms with van der Waals surface area (Å²) >= 11 is 6.24. The zero-order chi connectivity index (χ0) is 9.97. The van der Waals surface area contributed by atoms with Crippen LogP contribution in [-0.4, -0.2) is 4.98 Å². The van der Waals surface area contributed by atoms with Gasteiger partial charge < -0.3 is 0 Å². The summed E-state index contributed by atoms with van der Waals surface area (Å²) in [5, 5.41) is 1.25. The first kappa shape index (κ1) is 9.47. The molecule has 2 rings (SSSR count). The lowest BCUT2D eigenvalue weighted by Gasteiger charge is -2.09. The second-order valence-electron chi connectivity index (χ2n) is 3.29. The van der Waals surface area contributed by atoms with E-state index in [4.69, 9.17) is 11.6 Å². The summed E-state index contributed by atoms with van der Waals surface area (Å²) in [5.41, 5.74) is 2.20. The third kappa shape index (κ3) is 1.60. The molecule has 2 aromatic rings. The Morgan fingerprint density at radius 2 is 2.14 bits per heavy atom. The van der Waals surface area contributed by atoms with Gasteiger partial charge in [0.15, 0.2) is 0 Å². The highest BCUT2D eigenvalue weighted by Gasteiger charge is 2.08. The van der Waals surface area contributed by atoms with Crippen molar-refractivity contribution in [3.05, 3.63) is 42.1 Å². The lowest BCUT2D eigenvalue weighted by atomic mass is 10.0. The van der Waals surface area contributed by atoms with Crippen LogP contribution in [-0.2, 0) is 0 Å². The van der Waals surface area contributed by atoms with Gasteiger partial charge in [0.05, 0.1) is 10.9 Å².